The predicted molar refractivity (Wildman–Crippen MR) is 109 cm³/mol. The minimum atomic E-state index is -0.347. The van der Waals surface area contributed by atoms with E-state index in [2.05, 4.69) is 15.9 Å². The van der Waals surface area contributed by atoms with Crippen molar-refractivity contribution in [2.24, 2.45) is 14.1 Å². The number of nitrogens with zero attached hydrogens (tertiary/aromatic N) is 2. The highest BCUT2D eigenvalue weighted by molar-refractivity contribution is 9.09. The van der Waals surface area contributed by atoms with Crippen LogP contribution in [0.25, 0.3) is 33.1 Å². The maximum absolute atomic E-state index is 13.3. The number of aryl methyl sites for hydroxylation is 2. The molecule has 27 heavy (non-hydrogen) atoms. The Morgan fingerprint density at radius 3 is 2.37 bits per heavy atom. The average Bonchev–Trinajstić information content (AvgIpc) is 2.96. The van der Waals surface area contributed by atoms with Gasteiger partial charge in [0.1, 0.15) is 11.5 Å². The molecular formula is C21H16BrFN2O2. The molecule has 0 saturated carbocycles. The van der Waals surface area contributed by atoms with Crippen molar-refractivity contribution >= 4 is 43.6 Å². The van der Waals surface area contributed by atoms with Crippen molar-refractivity contribution in [2.45, 2.75) is 0 Å². The summed E-state index contributed by atoms with van der Waals surface area (Å²) in [5.74, 6) is -0.350. The molecule has 0 aliphatic heterocycles. The van der Waals surface area contributed by atoms with Gasteiger partial charge in [-0.1, -0.05) is 28.1 Å². The molecule has 4 nitrogen and oxygen atoms in total. The van der Waals surface area contributed by atoms with Crippen molar-refractivity contribution in [2.75, 3.05) is 5.33 Å². The van der Waals surface area contributed by atoms with Crippen LogP contribution in [-0.4, -0.2) is 20.2 Å². The maximum atomic E-state index is 13.3. The number of pyridine rings is 1. The largest absolute Gasteiger partial charge is 0.330 e. The first kappa shape index (κ1) is 17.7. The molecule has 4 rings (SSSR count). The molecule has 0 unspecified atom stereocenters. The molecule has 2 aromatic carbocycles. The number of carbonyl (C=O) groups is 1. The third kappa shape index (κ3) is 2.72. The van der Waals surface area contributed by atoms with Crippen molar-refractivity contribution in [1.29, 1.82) is 0 Å². The Balaban J connectivity index is 2.10. The van der Waals surface area contributed by atoms with E-state index in [4.69, 9.17) is 0 Å². The average molecular weight is 427 g/mol. The number of benzene rings is 2. The summed E-state index contributed by atoms with van der Waals surface area (Å²) in [4.78, 5) is 25.0. The summed E-state index contributed by atoms with van der Waals surface area (Å²) in [5, 5.41) is 2.03. The van der Waals surface area contributed by atoms with Gasteiger partial charge in [0.05, 0.1) is 10.8 Å². The molecule has 0 bridgehead atoms. The first-order valence-electron chi connectivity index (χ1n) is 8.39. The quantitative estimate of drug-likeness (QED) is 0.359. The van der Waals surface area contributed by atoms with Crippen LogP contribution < -0.4 is 5.56 Å². The zero-order valence-corrected chi connectivity index (χ0v) is 16.4. The van der Waals surface area contributed by atoms with E-state index in [9.17, 15) is 14.0 Å². The zero-order valence-electron chi connectivity index (χ0n) is 14.8. The number of aromatic nitrogens is 2. The van der Waals surface area contributed by atoms with Gasteiger partial charge in [-0.2, -0.15) is 0 Å². The molecule has 0 spiro atoms. The van der Waals surface area contributed by atoms with E-state index in [-0.39, 0.29) is 22.5 Å². The first-order chi connectivity index (χ1) is 12.9. The highest BCUT2D eigenvalue weighted by Gasteiger charge is 2.17. The van der Waals surface area contributed by atoms with Gasteiger partial charge in [0.2, 0.25) is 0 Å². The summed E-state index contributed by atoms with van der Waals surface area (Å²) >= 11 is 3.21. The second-order valence-electron chi connectivity index (χ2n) is 6.51. The summed E-state index contributed by atoms with van der Waals surface area (Å²) in [6, 6.07) is 13.3. The topological polar surface area (TPSA) is 44.0 Å². The molecule has 2 heterocycles. The standard InChI is InChI=1S/C21H16BrFN2O2/c1-24-18-8-5-13(19(26)11-22)9-16(18)17-10-15(21(27)25(2)20(17)24)12-3-6-14(23)7-4-12/h3-10H,11H2,1-2H3. The number of rotatable bonds is 3. The van der Waals surface area contributed by atoms with E-state index >= 15 is 0 Å². The number of carbonyl (C=O) groups excluding carboxylic acids is 1. The van der Waals surface area contributed by atoms with Crippen LogP contribution in [0.15, 0.2) is 53.3 Å². The van der Waals surface area contributed by atoms with E-state index in [1.165, 1.54) is 12.1 Å². The summed E-state index contributed by atoms with van der Waals surface area (Å²) < 4.78 is 16.8. The predicted octanol–water partition coefficient (Wildman–Crippen LogP) is 4.41. The molecule has 136 valence electrons. The van der Waals surface area contributed by atoms with Crippen LogP contribution >= 0.6 is 15.9 Å². The summed E-state index contributed by atoms with van der Waals surface area (Å²) in [6.07, 6.45) is 0. The van der Waals surface area contributed by atoms with E-state index in [1.54, 1.807) is 29.8 Å². The fourth-order valence-electron chi connectivity index (χ4n) is 3.58. The molecular weight excluding hydrogens is 411 g/mol. The number of alkyl halides is 1. The lowest BCUT2D eigenvalue weighted by molar-refractivity contribution is 0.102. The normalized spacial score (nSPS) is 11.4. The molecule has 0 radical (unpaired) electrons. The van der Waals surface area contributed by atoms with Crippen LogP contribution in [0.2, 0.25) is 0 Å². The lowest BCUT2D eigenvalue weighted by atomic mass is 10.0. The lowest BCUT2D eigenvalue weighted by Gasteiger charge is -2.08. The van der Waals surface area contributed by atoms with Crippen molar-refractivity contribution < 1.29 is 9.18 Å². The Bertz CT molecular complexity index is 1270. The molecule has 0 N–H and O–H groups in total. The SMILES string of the molecule is Cn1c(=O)c(-c2ccc(F)cc2)cc2c3cc(C(=O)CBr)ccc3n(C)c21. The molecule has 6 heteroatoms. The van der Waals surface area contributed by atoms with Gasteiger partial charge in [-0.15, -0.1) is 0 Å². The maximum Gasteiger partial charge on any atom is 0.259 e. The molecule has 0 aliphatic carbocycles. The Kier molecular flexibility index (Phi) is 4.23. The number of Topliss-reactive ketones (excluding diaryl/α,β-unsaturated/α-hetero) is 1. The third-order valence-corrected chi connectivity index (χ3v) is 5.46. The van der Waals surface area contributed by atoms with E-state index < -0.39 is 0 Å². The Morgan fingerprint density at radius 1 is 1.00 bits per heavy atom. The van der Waals surface area contributed by atoms with Crippen molar-refractivity contribution in [3.8, 4) is 11.1 Å². The minimum Gasteiger partial charge on any atom is -0.330 e. The number of ketones is 1. The summed E-state index contributed by atoms with van der Waals surface area (Å²) in [6.45, 7) is 0. The number of fused-ring (bicyclic) bond motifs is 3. The molecule has 4 aromatic rings. The van der Waals surface area contributed by atoms with Gasteiger partial charge >= 0.3 is 0 Å². The summed E-state index contributed by atoms with van der Waals surface area (Å²) in [7, 11) is 3.62. The van der Waals surface area contributed by atoms with Gasteiger partial charge in [-0.3, -0.25) is 14.2 Å². The fourth-order valence-corrected chi connectivity index (χ4v) is 3.90. The van der Waals surface area contributed by atoms with Crippen LogP contribution in [-0.2, 0) is 14.1 Å². The van der Waals surface area contributed by atoms with Crippen LogP contribution in [0.1, 0.15) is 10.4 Å². The molecule has 0 atom stereocenters. The smallest absolute Gasteiger partial charge is 0.259 e. The molecule has 0 fully saturated rings. The van der Waals surface area contributed by atoms with Crippen LogP contribution in [0.4, 0.5) is 4.39 Å². The zero-order chi connectivity index (χ0) is 19.3. The van der Waals surface area contributed by atoms with E-state index in [1.807, 2.05) is 29.8 Å². The monoisotopic (exact) mass is 426 g/mol. The molecule has 0 amide bonds. The van der Waals surface area contributed by atoms with Gasteiger partial charge in [0, 0.05) is 36.0 Å². The first-order valence-corrected chi connectivity index (χ1v) is 9.52. The molecule has 0 saturated heterocycles. The second kappa shape index (κ2) is 6.46. The van der Waals surface area contributed by atoms with Gasteiger partial charge < -0.3 is 4.57 Å². The van der Waals surface area contributed by atoms with Gasteiger partial charge in [-0.25, -0.2) is 4.39 Å². The number of halogens is 2. The fraction of sp³-hybridized carbons (Fsp3) is 0.143. The summed E-state index contributed by atoms with van der Waals surface area (Å²) in [5.41, 5.74) is 3.31. The van der Waals surface area contributed by atoms with E-state index in [0.29, 0.717) is 16.7 Å². The molecule has 0 aliphatic rings. The lowest BCUT2D eigenvalue weighted by Crippen LogP contribution is -2.20. The van der Waals surface area contributed by atoms with Crippen LogP contribution in [0.5, 0.6) is 0 Å². The number of hydrogen-bond acceptors (Lipinski definition) is 2. The second-order valence-corrected chi connectivity index (χ2v) is 7.07. The van der Waals surface area contributed by atoms with Gasteiger partial charge in [0.15, 0.2) is 5.78 Å². The van der Waals surface area contributed by atoms with Crippen molar-refractivity contribution in [1.82, 2.24) is 9.13 Å². The minimum absolute atomic E-state index is 0.00233. The number of hydrogen-bond donors (Lipinski definition) is 0. The highest BCUT2D eigenvalue weighted by atomic mass is 79.9. The van der Waals surface area contributed by atoms with Gasteiger partial charge in [0.25, 0.3) is 5.56 Å². The Hall–Kier alpha value is -2.73. The third-order valence-electron chi connectivity index (χ3n) is 4.95. The van der Waals surface area contributed by atoms with Crippen LogP contribution in [0, 0.1) is 5.82 Å². The highest BCUT2D eigenvalue weighted by Crippen LogP contribution is 2.31. The molecule has 2 aromatic heterocycles. The Morgan fingerprint density at radius 2 is 1.70 bits per heavy atom. The Labute approximate surface area is 163 Å². The van der Waals surface area contributed by atoms with Crippen molar-refractivity contribution in [3.63, 3.8) is 0 Å². The van der Waals surface area contributed by atoms with E-state index in [0.717, 1.165) is 21.9 Å². The van der Waals surface area contributed by atoms with Gasteiger partial charge in [-0.05, 0) is 42.0 Å². The van der Waals surface area contributed by atoms with Crippen molar-refractivity contribution in [3.05, 3.63) is 70.3 Å². The van der Waals surface area contributed by atoms with Crippen LogP contribution in [0.3, 0.4) is 0 Å².